The van der Waals surface area contributed by atoms with Crippen molar-refractivity contribution in [2.75, 3.05) is 0 Å². The van der Waals surface area contributed by atoms with Crippen LogP contribution in [0, 0.1) is 18.6 Å². The molecule has 4 heteroatoms. The molecule has 0 amide bonds. The van der Waals surface area contributed by atoms with Crippen molar-refractivity contribution in [3.05, 3.63) is 29.5 Å². The van der Waals surface area contributed by atoms with Crippen LogP contribution < -0.4 is 0 Å². The van der Waals surface area contributed by atoms with Crippen LogP contribution in [0.25, 0.3) is 10.9 Å². The van der Waals surface area contributed by atoms with Gasteiger partial charge in [-0.1, -0.05) is 0 Å². The summed E-state index contributed by atoms with van der Waals surface area (Å²) in [6.07, 6.45) is 1.47. The molecule has 2 aromatic rings. The molecular formula is C9H8F2N2. The Balaban J connectivity index is 2.95. The van der Waals surface area contributed by atoms with Gasteiger partial charge in [0, 0.05) is 13.2 Å². The zero-order chi connectivity index (χ0) is 9.59. The van der Waals surface area contributed by atoms with E-state index >= 15 is 0 Å². The van der Waals surface area contributed by atoms with Gasteiger partial charge in [-0.15, -0.1) is 0 Å². The van der Waals surface area contributed by atoms with Crippen LogP contribution in [0.1, 0.15) is 5.56 Å². The number of fused-ring (bicyclic) bond motifs is 1. The first-order valence-corrected chi connectivity index (χ1v) is 3.87. The predicted octanol–water partition coefficient (Wildman–Crippen LogP) is 2.16. The molecule has 1 heterocycles. The minimum absolute atomic E-state index is 0.236. The van der Waals surface area contributed by atoms with Crippen molar-refractivity contribution >= 4 is 10.9 Å². The summed E-state index contributed by atoms with van der Waals surface area (Å²) in [6.45, 7) is 1.71. The van der Waals surface area contributed by atoms with E-state index in [1.807, 2.05) is 0 Å². The maximum absolute atomic E-state index is 13.2. The molecule has 0 aliphatic carbocycles. The van der Waals surface area contributed by atoms with Crippen LogP contribution in [0.4, 0.5) is 8.78 Å². The van der Waals surface area contributed by atoms with Crippen LogP contribution >= 0.6 is 0 Å². The van der Waals surface area contributed by atoms with E-state index in [2.05, 4.69) is 5.10 Å². The monoisotopic (exact) mass is 182 g/mol. The maximum Gasteiger partial charge on any atom is 0.169 e. The summed E-state index contributed by atoms with van der Waals surface area (Å²) >= 11 is 0. The van der Waals surface area contributed by atoms with E-state index in [0.717, 1.165) is 6.07 Å². The summed E-state index contributed by atoms with van der Waals surface area (Å²) in [7, 11) is 1.68. The number of nitrogens with zero attached hydrogens (tertiary/aromatic N) is 2. The lowest BCUT2D eigenvalue weighted by Gasteiger charge is -1.96. The van der Waals surface area contributed by atoms with Crippen molar-refractivity contribution in [3.63, 3.8) is 0 Å². The van der Waals surface area contributed by atoms with Crippen LogP contribution in [0.2, 0.25) is 0 Å². The predicted molar refractivity (Wildman–Crippen MR) is 45.4 cm³/mol. The molecule has 1 aromatic heterocycles. The van der Waals surface area contributed by atoms with Gasteiger partial charge in [-0.2, -0.15) is 5.10 Å². The van der Waals surface area contributed by atoms with E-state index in [9.17, 15) is 8.78 Å². The van der Waals surface area contributed by atoms with Crippen LogP contribution in [-0.2, 0) is 7.05 Å². The first kappa shape index (κ1) is 8.16. The zero-order valence-electron chi connectivity index (χ0n) is 7.31. The highest BCUT2D eigenvalue weighted by Crippen LogP contribution is 2.22. The second-order valence-corrected chi connectivity index (χ2v) is 3.05. The number of halogens is 2. The molecular weight excluding hydrogens is 174 g/mol. The first-order chi connectivity index (χ1) is 6.09. The van der Waals surface area contributed by atoms with E-state index in [1.165, 1.54) is 10.9 Å². The largest absolute Gasteiger partial charge is 0.274 e. The SMILES string of the molecule is Cc1cc(F)c(F)c2cn(C)nc12. The molecule has 13 heavy (non-hydrogen) atoms. The molecule has 2 rings (SSSR count). The molecule has 0 saturated heterocycles. The molecule has 1 aromatic carbocycles. The van der Waals surface area contributed by atoms with E-state index in [1.54, 1.807) is 14.0 Å². The van der Waals surface area contributed by atoms with Crippen molar-refractivity contribution in [1.82, 2.24) is 9.78 Å². The van der Waals surface area contributed by atoms with Crippen molar-refractivity contribution < 1.29 is 8.78 Å². The van der Waals surface area contributed by atoms with Gasteiger partial charge in [0.25, 0.3) is 0 Å². The first-order valence-electron chi connectivity index (χ1n) is 3.87. The molecule has 0 bridgehead atoms. The van der Waals surface area contributed by atoms with Crippen LogP contribution in [0.3, 0.4) is 0 Å². The smallest absolute Gasteiger partial charge is 0.169 e. The second-order valence-electron chi connectivity index (χ2n) is 3.05. The van der Waals surface area contributed by atoms with Gasteiger partial charge in [0.05, 0.1) is 10.9 Å². The Hall–Kier alpha value is -1.45. The zero-order valence-corrected chi connectivity index (χ0v) is 7.31. The van der Waals surface area contributed by atoms with Gasteiger partial charge in [0.15, 0.2) is 11.6 Å². The Morgan fingerprint density at radius 1 is 1.38 bits per heavy atom. The minimum Gasteiger partial charge on any atom is -0.274 e. The van der Waals surface area contributed by atoms with Gasteiger partial charge >= 0.3 is 0 Å². The molecule has 0 atom stereocenters. The number of hydrogen-bond acceptors (Lipinski definition) is 1. The number of aromatic nitrogens is 2. The molecule has 0 spiro atoms. The summed E-state index contributed by atoms with van der Waals surface area (Å²) in [5.74, 6) is -1.65. The molecule has 0 saturated carbocycles. The fraction of sp³-hybridized carbons (Fsp3) is 0.222. The lowest BCUT2D eigenvalue weighted by atomic mass is 10.1. The van der Waals surface area contributed by atoms with E-state index in [-0.39, 0.29) is 5.39 Å². The molecule has 0 aliphatic rings. The van der Waals surface area contributed by atoms with Crippen LogP contribution in [0.5, 0.6) is 0 Å². The van der Waals surface area contributed by atoms with Crippen LogP contribution in [0.15, 0.2) is 12.3 Å². The molecule has 68 valence electrons. The lowest BCUT2D eigenvalue weighted by Crippen LogP contribution is -1.88. The third kappa shape index (κ3) is 1.09. The third-order valence-electron chi connectivity index (χ3n) is 1.99. The average Bonchev–Trinajstić information content (AvgIpc) is 2.44. The van der Waals surface area contributed by atoms with Gasteiger partial charge < -0.3 is 0 Å². The summed E-state index contributed by atoms with van der Waals surface area (Å²) in [5, 5.41) is 4.26. The van der Waals surface area contributed by atoms with Crippen molar-refractivity contribution in [3.8, 4) is 0 Å². The molecule has 0 radical (unpaired) electrons. The molecule has 2 nitrogen and oxygen atoms in total. The fourth-order valence-corrected chi connectivity index (χ4v) is 1.39. The standard InChI is InChI=1S/C9H8F2N2/c1-5-3-7(10)8(11)6-4-13(2)12-9(5)6/h3-4H,1-2H3. The normalized spacial score (nSPS) is 11.1. The summed E-state index contributed by atoms with van der Waals surface area (Å²) in [4.78, 5) is 0. The highest BCUT2D eigenvalue weighted by atomic mass is 19.2. The third-order valence-corrected chi connectivity index (χ3v) is 1.99. The lowest BCUT2D eigenvalue weighted by molar-refractivity contribution is 0.516. The van der Waals surface area contributed by atoms with E-state index in [0.29, 0.717) is 11.1 Å². The van der Waals surface area contributed by atoms with Crippen molar-refractivity contribution in [1.29, 1.82) is 0 Å². The van der Waals surface area contributed by atoms with Gasteiger partial charge in [-0.05, 0) is 18.6 Å². The highest BCUT2D eigenvalue weighted by Gasteiger charge is 2.12. The molecule has 0 aliphatic heterocycles. The topological polar surface area (TPSA) is 17.8 Å². The van der Waals surface area contributed by atoms with E-state index < -0.39 is 11.6 Å². The Bertz CT molecular complexity index is 474. The Morgan fingerprint density at radius 3 is 2.77 bits per heavy atom. The van der Waals surface area contributed by atoms with Crippen molar-refractivity contribution in [2.24, 2.45) is 7.05 Å². The number of hydrogen-bond donors (Lipinski definition) is 0. The fourth-order valence-electron chi connectivity index (χ4n) is 1.39. The average molecular weight is 182 g/mol. The van der Waals surface area contributed by atoms with Gasteiger partial charge in [-0.25, -0.2) is 8.78 Å². The Morgan fingerprint density at radius 2 is 2.08 bits per heavy atom. The maximum atomic E-state index is 13.2. The van der Waals surface area contributed by atoms with E-state index in [4.69, 9.17) is 0 Å². The van der Waals surface area contributed by atoms with Crippen molar-refractivity contribution in [2.45, 2.75) is 6.92 Å². The summed E-state index contributed by atoms with van der Waals surface area (Å²) in [5.41, 5.74) is 1.16. The summed E-state index contributed by atoms with van der Waals surface area (Å²) in [6, 6.07) is 1.16. The quantitative estimate of drug-likeness (QED) is 0.610. The molecule has 0 unspecified atom stereocenters. The molecule has 0 N–H and O–H groups in total. The van der Waals surface area contributed by atoms with Gasteiger partial charge in [0.2, 0.25) is 0 Å². The van der Waals surface area contributed by atoms with Crippen LogP contribution in [-0.4, -0.2) is 9.78 Å². The highest BCUT2D eigenvalue weighted by molar-refractivity contribution is 5.81. The number of aryl methyl sites for hydroxylation is 2. The summed E-state index contributed by atoms with van der Waals surface area (Å²) < 4.78 is 27.5. The van der Waals surface area contributed by atoms with Gasteiger partial charge in [-0.3, -0.25) is 4.68 Å². The Kier molecular flexibility index (Phi) is 1.58. The molecule has 0 fully saturated rings. The minimum atomic E-state index is -0.825. The second kappa shape index (κ2) is 2.52. The Labute approximate surface area is 73.8 Å². The number of benzene rings is 1. The van der Waals surface area contributed by atoms with Gasteiger partial charge in [0.1, 0.15) is 0 Å². The number of rotatable bonds is 0.